The Morgan fingerprint density at radius 1 is 1.36 bits per heavy atom. The molecule has 22 heavy (non-hydrogen) atoms. The molecule has 1 aliphatic carbocycles. The molecule has 1 aromatic heterocycles. The van der Waals surface area contributed by atoms with Gasteiger partial charge >= 0.3 is 0 Å². The van der Waals surface area contributed by atoms with Gasteiger partial charge in [0.1, 0.15) is 11.6 Å². The summed E-state index contributed by atoms with van der Waals surface area (Å²) in [6, 6.07) is 1.95. The molecule has 0 spiro atoms. The summed E-state index contributed by atoms with van der Waals surface area (Å²) in [5.41, 5.74) is 1.17. The maximum atomic E-state index is 11.9. The zero-order chi connectivity index (χ0) is 16.2. The molecule has 122 valence electrons. The summed E-state index contributed by atoms with van der Waals surface area (Å²) in [5, 5.41) is 6.26. The molecule has 5 nitrogen and oxygen atoms in total. The molecule has 2 rings (SSSR count). The van der Waals surface area contributed by atoms with Gasteiger partial charge in [0.15, 0.2) is 0 Å². The molecule has 0 saturated heterocycles. The highest BCUT2D eigenvalue weighted by Gasteiger charge is 2.50. The lowest BCUT2D eigenvalue weighted by Crippen LogP contribution is -2.31. The summed E-state index contributed by atoms with van der Waals surface area (Å²) in [5.74, 6) is 2.11. The van der Waals surface area contributed by atoms with Crippen LogP contribution in [-0.4, -0.2) is 29.0 Å². The molecule has 1 atom stereocenters. The van der Waals surface area contributed by atoms with Gasteiger partial charge in [-0.15, -0.1) is 0 Å². The number of hydrogen-bond donors (Lipinski definition) is 2. The third-order valence-electron chi connectivity index (χ3n) is 4.21. The number of anilines is 1. The van der Waals surface area contributed by atoms with Crippen molar-refractivity contribution in [2.24, 2.45) is 11.3 Å². The summed E-state index contributed by atoms with van der Waals surface area (Å²) >= 11 is 0. The molecule has 0 aliphatic heterocycles. The van der Waals surface area contributed by atoms with Crippen LogP contribution in [0.25, 0.3) is 0 Å². The van der Waals surface area contributed by atoms with Crippen LogP contribution >= 0.6 is 0 Å². The second kappa shape index (κ2) is 7.07. The first-order valence-corrected chi connectivity index (χ1v) is 8.28. The van der Waals surface area contributed by atoms with Gasteiger partial charge in [-0.1, -0.05) is 27.2 Å². The number of nitrogens with one attached hydrogen (secondary N) is 2. The molecule has 1 fully saturated rings. The van der Waals surface area contributed by atoms with Crippen LogP contribution in [0, 0.1) is 18.3 Å². The monoisotopic (exact) mass is 304 g/mol. The number of aryl methyl sites for hydroxylation is 2. The summed E-state index contributed by atoms with van der Waals surface area (Å²) < 4.78 is 0. The van der Waals surface area contributed by atoms with Gasteiger partial charge in [0.25, 0.3) is 0 Å². The molecule has 5 heteroatoms. The number of aromatic nitrogens is 2. The van der Waals surface area contributed by atoms with E-state index in [1.807, 2.05) is 13.0 Å². The lowest BCUT2D eigenvalue weighted by Gasteiger charge is -2.10. The van der Waals surface area contributed by atoms with Gasteiger partial charge in [0, 0.05) is 37.2 Å². The topological polar surface area (TPSA) is 66.9 Å². The van der Waals surface area contributed by atoms with E-state index in [1.165, 1.54) is 0 Å². The first kappa shape index (κ1) is 16.7. The quantitative estimate of drug-likeness (QED) is 0.725. The number of hydrogen-bond acceptors (Lipinski definition) is 4. The van der Waals surface area contributed by atoms with Crippen molar-refractivity contribution in [2.75, 3.05) is 18.4 Å². The van der Waals surface area contributed by atoms with Gasteiger partial charge in [0.05, 0.1) is 0 Å². The van der Waals surface area contributed by atoms with Gasteiger partial charge in [-0.05, 0) is 25.2 Å². The molecule has 1 aliphatic rings. The predicted octanol–water partition coefficient (Wildman–Crippen LogP) is 2.70. The fourth-order valence-corrected chi connectivity index (χ4v) is 2.58. The van der Waals surface area contributed by atoms with Crippen LogP contribution in [0.15, 0.2) is 6.07 Å². The number of rotatable bonds is 8. The van der Waals surface area contributed by atoms with Crippen LogP contribution < -0.4 is 10.6 Å². The molecule has 0 bridgehead atoms. The molecule has 1 aromatic rings. The number of carbonyl (C=O) groups excluding carboxylic acids is 1. The molecular formula is C17H28N4O. The Morgan fingerprint density at radius 3 is 2.73 bits per heavy atom. The van der Waals surface area contributed by atoms with Crippen LogP contribution in [-0.2, 0) is 11.2 Å². The Labute approximate surface area is 133 Å². The van der Waals surface area contributed by atoms with E-state index in [-0.39, 0.29) is 17.2 Å². The molecule has 0 radical (unpaired) electrons. The number of nitrogens with zero attached hydrogens (tertiary/aromatic N) is 2. The number of amides is 1. The third-order valence-corrected chi connectivity index (χ3v) is 4.21. The van der Waals surface area contributed by atoms with Gasteiger partial charge < -0.3 is 10.6 Å². The van der Waals surface area contributed by atoms with Crippen LogP contribution in [0.3, 0.4) is 0 Å². The Bertz CT molecular complexity index is 527. The average molecular weight is 304 g/mol. The summed E-state index contributed by atoms with van der Waals surface area (Å²) in [4.78, 5) is 20.9. The molecule has 1 heterocycles. The van der Waals surface area contributed by atoms with Crippen molar-refractivity contribution < 1.29 is 4.79 Å². The average Bonchev–Trinajstić information content (AvgIpc) is 3.09. The maximum Gasteiger partial charge on any atom is 0.223 e. The molecule has 1 saturated carbocycles. The largest absolute Gasteiger partial charge is 0.368 e. The molecular weight excluding hydrogens is 276 g/mol. The van der Waals surface area contributed by atoms with Gasteiger partial charge in [-0.25, -0.2) is 9.97 Å². The molecule has 0 aromatic carbocycles. The first-order valence-electron chi connectivity index (χ1n) is 8.28. The zero-order valence-electron chi connectivity index (χ0n) is 14.2. The number of carbonyl (C=O) groups is 1. The second-order valence-corrected chi connectivity index (χ2v) is 6.88. The van der Waals surface area contributed by atoms with E-state index in [9.17, 15) is 4.79 Å². The van der Waals surface area contributed by atoms with Crippen molar-refractivity contribution in [2.45, 2.75) is 53.4 Å². The smallest absolute Gasteiger partial charge is 0.223 e. The fraction of sp³-hybridized carbons (Fsp3) is 0.706. The zero-order valence-corrected chi connectivity index (χ0v) is 14.2. The summed E-state index contributed by atoms with van der Waals surface area (Å²) in [6.45, 7) is 9.73. The predicted molar refractivity (Wildman–Crippen MR) is 88.8 cm³/mol. The SMILES string of the molecule is CCCCc1nc(C)cc(NCCNC(=O)C2CC2(C)C)n1. The van der Waals surface area contributed by atoms with E-state index >= 15 is 0 Å². The maximum absolute atomic E-state index is 11.9. The van der Waals surface area contributed by atoms with E-state index in [0.717, 1.165) is 43.0 Å². The normalized spacial score (nSPS) is 18.8. The van der Waals surface area contributed by atoms with E-state index in [0.29, 0.717) is 13.1 Å². The van der Waals surface area contributed by atoms with Crippen LogP contribution in [0.1, 0.15) is 51.6 Å². The van der Waals surface area contributed by atoms with Crippen molar-refractivity contribution in [3.05, 3.63) is 17.6 Å². The van der Waals surface area contributed by atoms with E-state index in [4.69, 9.17) is 0 Å². The van der Waals surface area contributed by atoms with E-state index in [1.54, 1.807) is 0 Å². The Hall–Kier alpha value is -1.65. The molecule has 2 N–H and O–H groups in total. The van der Waals surface area contributed by atoms with E-state index < -0.39 is 0 Å². The van der Waals surface area contributed by atoms with Crippen LogP contribution in [0.5, 0.6) is 0 Å². The third kappa shape index (κ3) is 4.68. The Morgan fingerprint density at radius 2 is 2.09 bits per heavy atom. The van der Waals surface area contributed by atoms with Crippen LogP contribution in [0.2, 0.25) is 0 Å². The Balaban J connectivity index is 1.74. The number of unbranched alkanes of at least 4 members (excludes halogenated alkanes) is 1. The van der Waals surface area contributed by atoms with Crippen molar-refractivity contribution in [1.29, 1.82) is 0 Å². The van der Waals surface area contributed by atoms with Gasteiger partial charge in [-0.2, -0.15) is 0 Å². The molecule has 1 amide bonds. The van der Waals surface area contributed by atoms with Gasteiger partial charge in [0.2, 0.25) is 5.91 Å². The highest BCUT2D eigenvalue weighted by Crippen LogP contribution is 2.51. The lowest BCUT2D eigenvalue weighted by atomic mass is 10.1. The van der Waals surface area contributed by atoms with Crippen molar-refractivity contribution in [1.82, 2.24) is 15.3 Å². The highest BCUT2D eigenvalue weighted by molar-refractivity contribution is 5.82. The van der Waals surface area contributed by atoms with Crippen LogP contribution in [0.4, 0.5) is 5.82 Å². The minimum atomic E-state index is 0.175. The minimum Gasteiger partial charge on any atom is -0.368 e. The first-order chi connectivity index (χ1) is 10.4. The fourth-order valence-electron chi connectivity index (χ4n) is 2.58. The van der Waals surface area contributed by atoms with E-state index in [2.05, 4.69) is 41.4 Å². The summed E-state index contributed by atoms with van der Waals surface area (Å²) in [7, 11) is 0. The van der Waals surface area contributed by atoms with Crippen molar-refractivity contribution >= 4 is 11.7 Å². The highest BCUT2D eigenvalue weighted by atomic mass is 16.2. The Kier molecular flexibility index (Phi) is 5.37. The minimum absolute atomic E-state index is 0.175. The molecule has 1 unspecified atom stereocenters. The van der Waals surface area contributed by atoms with Gasteiger partial charge in [-0.3, -0.25) is 4.79 Å². The van der Waals surface area contributed by atoms with Crippen molar-refractivity contribution in [3.63, 3.8) is 0 Å². The summed E-state index contributed by atoms with van der Waals surface area (Å²) in [6.07, 6.45) is 4.16. The standard InChI is InChI=1S/C17H28N4O/c1-5-6-7-14-20-12(2)10-15(21-14)18-8-9-19-16(22)13-11-17(13,3)4/h10,13H,5-9,11H2,1-4H3,(H,19,22)(H,18,20,21). The lowest BCUT2D eigenvalue weighted by molar-refractivity contribution is -0.122. The second-order valence-electron chi connectivity index (χ2n) is 6.88. The van der Waals surface area contributed by atoms with Crippen molar-refractivity contribution in [3.8, 4) is 0 Å².